The molecule has 0 aliphatic rings. The van der Waals surface area contributed by atoms with Crippen LogP contribution in [0.1, 0.15) is 5.56 Å². The summed E-state index contributed by atoms with van der Waals surface area (Å²) in [5, 5.41) is 9.33. The Morgan fingerprint density at radius 1 is 1.37 bits per heavy atom. The summed E-state index contributed by atoms with van der Waals surface area (Å²) in [5.74, 6) is -1.28. The Hall–Kier alpha value is -1.17. The number of carbonyl (C=O) groups is 1. The molecule has 1 aromatic rings. The molecule has 0 amide bonds. The molecule has 1 rings (SSSR count). The van der Waals surface area contributed by atoms with Crippen molar-refractivity contribution >= 4 is 17.6 Å². The van der Waals surface area contributed by atoms with Crippen molar-refractivity contribution in [3.63, 3.8) is 0 Å². The van der Waals surface area contributed by atoms with Crippen LogP contribution in [0.2, 0.25) is 5.02 Å². The Balaban J connectivity index is 2.74. The zero-order chi connectivity index (χ0) is 14.4. The fourth-order valence-corrected chi connectivity index (χ4v) is 1.83. The van der Waals surface area contributed by atoms with Crippen LogP contribution in [0, 0.1) is 5.82 Å². The van der Waals surface area contributed by atoms with Crippen LogP contribution >= 0.6 is 11.6 Å². The van der Waals surface area contributed by atoms with E-state index in [0.29, 0.717) is 23.7 Å². The van der Waals surface area contributed by atoms with Gasteiger partial charge in [-0.2, -0.15) is 0 Å². The molecule has 0 aliphatic carbocycles. The molecular formula is C13H18ClFN2O2. The van der Waals surface area contributed by atoms with E-state index >= 15 is 0 Å². The lowest BCUT2D eigenvalue weighted by molar-refractivity contribution is -0.138. The molecule has 0 heterocycles. The highest BCUT2D eigenvalue weighted by Gasteiger charge is 2.13. The van der Waals surface area contributed by atoms with Crippen LogP contribution in [-0.2, 0) is 11.3 Å². The third-order valence-electron chi connectivity index (χ3n) is 2.62. The first-order valence-corrected chi connectivity index (χ1v) is 6.29. The molecule has 4 nitrogen and oxygen atoms in total. The minimum absolute atomic E-state index is 0.0965. The minimum atomic E-state index is -0.911. The number of carboxylic acid groups (broad SMARTS) is 1. The first-order valence-electron chi connectivity index (χ1n) is 5.91. The van der Waals surface area contributed by atoms with E-state index in [9.17, 15) is 9.18 Å². The largest absolute Gasteiger partial charge is 0.480 e. The van der Waals surface area contributed by atoms with Crippen LogP contribution in [0.3, 0.4) is 0 Å². The third kappa shape index (κ3) is 6.00. The second-order valence-electron chi connectivity index (χ2n) is 4.64. The molecule has 0 unspecified atom stereocenters. The molecule has 0 atom stereocenters. The van der Waals surface area contributed by atoms with Crippen LogP contribution in [0.25, 0.3) is 0 Å². The van der Waals surface area contributed by atoms with Crippen molar-refractivity contribution in [1.29, 1.82) is 0 Å². The van der Waals surface area contributed by atoms with Gasteiger partial charge in [-0.3, -0.25) is 9.69 Å². The second-order valence-corrected chi connectivity index (χ2v) is 5.05. The molecular weight excluding hydrogens is 271 g/mol. The Morgan fingerprint density at radius 3 is 2.63 bits per heavy atom. The van der Waals surface area contributed by atoms with E-state index in [1.54, 1.807) is 4.90 Å². The van der Waals surface area contributed by atoms with E-state index in [1.807, 2.05) is 19.0 Å². The number of likely N-dealkylation sites (N-methyl/N-ethyl adjacent to an activating group) is 1. The second kappa shape index (κ2) is 7.43. The third-order valence-corrected chi connectivity index (χ3v) is 2.99. The molecule has 0 saturated carbocycles. The maximum absolute atomic E-state index is 13.2. The number of halogens is 2. The van der Waals surface area contributed by atoms with E-state index in [-0.39, 0.29) is 12.4 Å². The highest BCUT2D eigenvalue weighted by Crippen LogP contribution is 2.18. The van der Waals surface area contributed by atoms with E-state index in [1.165, 1.54) is 18.2 Å². The maximum Gasteiger partial charge on any atom is 0.317 e. The predicted molar refractivity (Wildman–Crippen MR) is 72.9 cm³/mol. The van der Waals surface area contributed by atoms with Gasteiger partial charge in [0.1, 0.15) is 5.82 Å². The molecule has 19 heavy (non-hydrogen) atoms. The molecule has 0 spiro atoms. The van der Waals surface area contributed by atoms with Crippen LogP contribution < -0.4 is 0 Å². The van der Waals surface area contributed by atoms with Crippen molar-refractivity contribution in [3.05, 3.63) is 34.6 Å². The molecule has 0 bridgehead atoms. The summed E-state index contributed by atoms with van der Waals surface area (Å²) in [6, 6.07) is 4.11. The summed E-state index contributed by atoms with van der Waals surface area (Å²) >= 11 is 5.99. The van der Waals surface area contributed by atoms with Crippen molar-refractivity contribution in [2.45, 2.75) is 6.54 Å². The number of rotatable bonds is 7. The number of nitrogens with zero attached hydrogens (tertiary/aromatic N) is 2. The average molecular weight is 289 g/mol. The molecule has 106 valence electrons. The van der Waals surface area contributed by atoms with Gasteiger partial charge in [0.15, 0.2) is 0 Å². The van der Waals surface area contributed by atoms with Crippen LogP contribution in [0.4, 0.5) is 4.39 Å². The Morgan fingerprint density at radius 2 is 2.05 bits per heavy atom. The number of hydrogen-bond acceptors (Lipinski definition) is 3. The molecule has 1 N–H and O–H groups in total. The monoisotopic (exact) mass is 288 g/mol. The number of benzene rings is 1. The lowest BCUT2D eigenvalue weighted by Gasteiger charge is -2.22. The summed E-state index contributed by atoms with van der Waals surface area (Å²) in [4.78, 5) is 14.5. The van der Waals surface area contributed by atoms with Gasteiger partial charge in [-0.1, -0.05) is 11.6 Å². The predicted octanol–water partition coefficient (Wildman–Crippen LogP) is 1.93. The van der Waals surface area contributed by atoms with Gasteiger partial charge < -0.3 is 10.0 Å². The summed E-state index contributed by atoms with van der Waals surface area (Å²) < 4.78 is 13.2. The van der Waals surface area contributed by atoms with Crippen molar-refractivity contribution in [1.82, 2.24) is 9.80 Å². The van der Waals surface area contributed by atoms with Crippen molar-refractivity contribution in [2.24, 2.45) is 0 Å². The summed E-state index contributed by atoms with van der Waals surface area (Å²) in [6.07, 6.45) is 0. The topological polar surface area (TPSA) is 43.8 Å². The normalized spacial score (nSPS) is 11.3. The van der Waals surface area contributed by atoms with Gasteiger partial charge in [-0.15, -0.1) is 0 Å². The highest BCUT2D eigenvalue weighted by atomic mass is 35.5. The SMILES string of the molecule is CN(C)CCN(CC(=O)O)Cc1cc(F)ccc1Cl. The molecule has 6 heteroatoms. The Kier molecular flexibility index (Phi) is 6.21. The van der Waals surface area contributed by atoms with Gasteiger partial charge in [-0.05, 0) is 37.9 Å². The zero-order valence-corrected chi connectivity index (χ0v) is 11.8. The Labute approximate surface area is 117 Å². The van der Waals surface area contributed by atoms with Crippen molar-refractivity contribution in [3.8, 4) is 0 Å². The van der Waals surface area contributed by atoms with Crippen molar-refractivity contribution < 1.29 is 14.3 Å². The molecule has 0 radical (unpaired) electrons. The molecule has 0 aliphatic heterocycles. The van der Waals surface area contributed by atoms with E-state index < -0.39 is 5.97 Å². The zero-order valence-electron chi connectivity index (χ0n) is 11.1. The molecule has 1 aromatic carbocycles. The first kappa shape index (κ1) is 15.9. The molecule has 0 fully saturated rings. The van der Waals surface area contributed by atoms with Gasteiger partial charge in [0.05, 0.1) is 6.54 Å². The first-order chi connectivity index (χ1) is 8.88. The number of aliphatic carboxylic acids is 1. The van der Waals surface area contributed by atoms with Crippen LogP contribution in [0.5, 0.6) is 0 Å². The summed E-state index contributed by atoms with van der Waals surface area (Å²) in [5.41, 5.74) is 0.599. The van der Waals surface area contributed by atoms with E-state index in [2.05, 4.69) is 0 Å². The highest BCUT2D eigenvalue weighted by molar-refractivity contribution is 6.31. The van der Waals surface area contributed by atoms with Gasteiger partial charge in [0.25, 0.3) is 0 Å². The smallest absolute Gasteiger partial charge is 0.317 e. The maximum atomic E-state index is 13.2. The summed E-state index contributed by atoms with van der Waals surface area (Å²) in [6.45, 7) is 1.52. The quantitative estimate of drug-likeness (QED) is 0.833. The number of hydrogen-bond donors (Lipinski definition) is 1. The standard InChI is InChI=1S/C13H18ClFN2O2/c1-16(2)5-6-17(9-13(18)19)8-10-7-11(15)3-4-12(10)14/h3-4,7H,5-6,8-9H2,1-2H3,(H,18,19). The van der Waals surface area contributed by atoms with Crippen LogP contribution in [-0.4, -0.2) is 54.6 Å². The van der Waals surface area contributed by atoms with Crippen LogP contribution in [0.15, 0.2) is 18.2 Å². The van der Waals surface area contributed by atoms with Gasteiger partial charge in [0, 0.05) is 24.7 Å². The van der Waals surface area contributed by atoms with Gasteiger partial charge >= 0.3 is 5.97 Å². The fourth-order valence-electron chi connectivity index (χ4n) is 1.65. The van der Waals surface area contributed by atoms with Gasteiger partial charge in [-0.25, -0.2) is 4.39 Å². The lowest BCUT2D eigenvalue weighted by atomic mass is 10.2. The summed E-state index contributed by atoms with van der Waals surface area (Å²) in [7, 11) is 3.82. The lowest BCUT2D eigenvalue weighted by Crippen LogP contribution is -2.35. The van der Waals surface area contributed by atoms with Gasteiger partial charge in [0.2, 0.25) is 0 Å². The number of carboxylic acids is 1. The van der Waals surface area contributed by atoms with E-state index in [4.69, 9.17) is 16.7 Å². The Bertz CT molecular complexity index is 441. The average Bonchev–Trinajstić information content (AvgIpc) is 2.30. The molecule has 0 saturated heterocycles. The van der Waals surface area contributed by atoms with E-state index in [0.717, 1.165) is 6.54 Å². The molecule has 0 aromatic heterocycles. The van der Waals surface area contributed by atoms with Crippen molar-refractivity contribution in [2.75, 3.05) is 33.7 Å². The minimum Gasteiger partial charge on any atom is -0.480 e. The fraction of sp³-hybridized carbons (Fsp3) is 0.462.